The highest BCUT2D eigenvalue weighted by Crippen LogP contribution is 2.39. The molecule has 0 unspecified atom stereocenters. The average Bonchev–Trinajstić information content (AvgIpc) is 2.76. The second-order valence-electron chi connectivity index (χ2n) is 7.79. The fraction of sp³-hybridized carbons (Fsp3) is 0.318. The highest BCUT2D eigenvalue weighted by molar-refractivity contribution is 7.92. The zero-order valence-corrected chi connectivity index (χ0v) is 20.6. The van der Waals surface area contributed by atoms with Gasteiger partial charge in [0.25, 0.3) is 0 Å². The van der Waals surface area contributed by atoms with Crippen molar-refractivity contribution in [3.8, 4) is 28.8 Å². The van der Waals surface area contributed by atoms with E-state index in [9.17, 15) is 13.2 Å². The Morgan fingerprint density at radius 2 is 1.79 bits per heavy atom. The Kier molecular flexibility index (Phi) is 7.30. The second-order valence-corrected chi connectivity index (χ2v) is 10.4. The van der Waals surface area contributed by atoms with E-state index in [0.29, 0.717) is 35.1 Å². The number of aromatic nitrogens is 3. The number of pyridine rings is 1. The largest absolute Gasteiger partial charge is 0.492 e. The van der Waals surface area contributed by atoms with E-state index in [1.165, 1.54) is 22.8 Å². The number of benzene rings is 1. The molecule has 3 aromatic rings. The van der Waals surface area contributed by atoms with E-state index in [-0.39, 0.29) is 33.9 Å². The first-order valence-electron chi connectivity index (χ1n) is 10.6. The van der Waals surface area contributed by atoms with Crippen molar-refractivity contribution in [1.82, 2.24) is 14.5 Å². The number of fused-ring (bicyclic) bond motifs is 4. The van der Waals surface area contributed by atoms with Gasteiger partial charge in [0, 0.05) is 48.1 Å². The molecule has 0 aliphatic carbocycles. The summed E-state index contributed by atoms with van der Waals surface area (Å²) in [7, 11) is -2.06. The predicted molar refractivity (Wildman–Crippen MR) is 131 cm³/mol. The molecule has 180 valence electrons. The van der Waals surface area contributed by atoms with Crippen LogP contribution in [0, 0.1) is 0 Å². The van der Waals surface area contributed by atoms with E-state index in [1.807, 2.05) is 0 Å². The second kappa shape index (κ2) is 10.2. The third-order valence-electron chi connectivity index (χ3n) is 5.08. The van der Waals surface area contributed by atoms with Gasteiger partial charge in [0.15, 0.2) is 5.75 Å². The number of anilines is 1. The zero-order chi connectivity index (χ0) is 24.3. The summed E-state index contributed by atoms with van der Waals surface area (Å²) in [4.78, 5) is 20.4. The molecule has 34 heavy (non-hydrogen) atoms. The summed E-state index contributed by atoms with van der Waals surface area (Å²) in [6.45, 7) is 0.396. The van der Waals surface area contributed by atoms with Crippen LogP contribution in [0.25, 0.3) is 11.3 Å². The number of halogens is 2. The van der Waals surface area contributed by atoms with Crippen LogP contribution < -0.4 is 19.8 Å². The lowest BCUT2D eigenvalue weighted by molar-refractivity contribution is 0.303. The Labute approximate surface area is 206 Å². The third-order valence-corrected chi connectivity index (χ3v) is 7.02. The van der Waals surface area contributed by atoms with Crippen LogP contribution >= 0.6 is 23.2 Å². The van der Waals surface area contributed by atoms with Crippen LogP contribution in [0.3, 0.4) is 0 Å². The molecule has 1 aliphatic heterocycles. The topological polar surface area (TPSA) is 112 Å². The molecule has 0 radical (unpaired) electrons. The van der Waals surface area contributed by atoms with Crippen LogP contribution in [0.15, 0.2) is 41.3 Å². The van der Waals surface area contributed by atoms with Crippen LogP contribution in [-0.4, -0.2) is 35.3 Å². The van der Waals surface area contributed by atoms with E-state index in [4.69, 9.17) is 32.7 Å². The van der Waals surface area contributed by atoms with Crippen LogP contribution in [0.4, 0.5) is 5.82 Å². The van der Waals surface area contributed by atoms with E-state index >= 15 is 0 Å². The lowest BCUT2D eigenvalue weighted by Gasteiger charge is -2.15. The molecule has 0 spiro atoms. The molecule has 1 aliphatic rings. The standard InChI is InChI=1S/C22H22Cl2N4O5S/c1-28-13-14(6-7-20(28)29)16-12-19-26-22(25-16)33-18-11-15(23)10-17(21(18)24)32-8-4-2-3-5-9-34(30,31)27-19/h6-7,10-13H,2-5,8-9H2,1H3,(H,25,26,27). The van der Waals surface area contributed by atoms with Crippen molar-refractivity contribution < 1.29 is 17.9 Å². The van der Waals surface area contributed by atoms with Gasteiger partial charge in [0.05, 0.1) is 18.1 Å². The van der Waals surface area contributed by atoms with Crippen LogP contribution in [-0.2, 0) is 17.1 Å². The van der Waals surface area contributed by atoms with Gasteiger partial charge >= 0.3 is 6.01 Å². The number of hydrogen-bond acceptors (Lipinski definition) is 7. The molecule has 0 atom stereocenters. The Bertz CT molecular complexity index is 1380. The van der Waals surface area contributed by atoms with Crippen LogP contribution in [0.2, 0.25) is 10.0 Å². The molecular weight excluding hydrogens is 503 g/mol. The summed E-state index contributed by atoms with van der Waals surface area (Å²) in [5.41, 5.74) is 0.703. The molecule has 0 amide bonds. The Balaban J connectivity index is 1.82. The maximum atomic E-state index is 12.6. The number of sulfonamides is 1. The molecular formula is C22H22Cl2N4O5S. The van der Waals surface area contributed by atoms with Crippen LogP contribution in [0.1, 0.15) is 25.7 Å². The molecule has 0 saturated carbocycles. The zero-order valence-electron chi connectivity index (χ0n) is 18.3. The van der Waals surface area contributed by atoms with E-state index in [2.05, 4.69) is 14.7 Å². The van der Waals surface area contributed by atoms with E-state index in [0.717, 1.165) is 19.3 Å². The maximum Gasteiger partial charge on any atom is 0.324 e. The minimum Gasteiger partial charge on any atom is -0.492 e. The summed E-state index contributed by atoms with van der Waals surface area (Å²) in [6, 6.07) is 7.37. The van der Waals surface area contributed by atoms with Gasteiger partial charge in [-0.15, -0.1) is 0 Å². The molecule has 0 fully saturated rings. The van der Waals surface area contributed by atoms with Gasteiger partial charge < -0.3 is 14.0 Å². The van der Waals surface area contributed by atoms with Gasteiger partial charge in [-0.05, 0) is 18.9 Å². The molecule has 3 heterocycles. The minimum atomic E-state index is -3.66. The lowest BCUT2D eigenvalue weighted by Crippen LogP contribution is -2.18. The number of rotatable bonds is 1. The van der Waals surface area contributed by atoms with Gasteiger partial charge in [-0.2, -0.15) is 9.97 Å². The Hall–Kier alpha value is -2.82. The predicted octanol–water partition coefficient (Wildman–Crippen LogP) is 4.64. The molecule has 1 aromatic carbocycles. The molecule has 1 N–H and O–H groups in total. The fourth-order valence-corrected chi connectivity index (χ4v) is 4.88. The minimum absolute atomic E-state index is 0.0237. The summed E-state index contributed by atoms with van der Waals surface area (Å²) in [6.07, 6.45) is 4.32. The number of aryl methyl sites for hydroxylation is 1. The molecule has 0 saturated heterocycles. The number of hydrogen-bond donors (Lipinski definition) is 1. The first-order valence-corrected chi connectivity index (χ1v) is 13.0. The number of nitrogens with zero attached hydrogens (tertiary/aromatic N) is 3. The third kappa shape index (κ3) is 5.99. The monoisotopic (exact) mass is 524 g/mol. The van der Waals surface area contributed by atoms with Crippen molar-refractivity contribution in [1.29, 1.82) is 0 Å². The van der Waals surface area contributed by atoms with Gasteiger partial charge in [-0.3, -0.25) is 9.52 Å². The van der Waals surface area contributed by atoms with Gasteiger partial charge in [-0.25, -0.2) is 8.42 Å². The molecule has 9 nitrogen and oxygen atoms in total. The lowest BCUT2D eigenvalue weighted by atomic mass is 10.2. The summed E-state index contributed by atoms with van der Waals surface area (Å²) >= 11 is 12.7. The fourth-order valence-electron chi connectivity index (χ4n) is 3.37. The first-order chi connectivity index (χ1) is 16.2. The van der Waals surface area contributed by atoms with Crippen molar-refractivity contribution in [3.05, 3.63) is 56.9 Å². The molecule has 12 heteroatoms. The van der Waals surface area contributed by atoms with Crippen molar-refractivity contribution in [2.24, 2.45) is 7.05 Å². The van der Waals surface area contributed by atoms with Crippen molar-refractivity contribution in [2.45, 2.75) is 25.7 Å². The van der Waals surface area contributed by atoms with Gasteiger partial charge in [0.2, 0.25) is 15.6 Å². The van der Waals surface area contributed by atoms with Gasteiger partial charge in [0.1, 0.15) is 16.6 Å². The van der Waals surface area contributed by atoms with E-state index in [1.54, 1.807) is 25.4 Å². The van der Waals surface area contributed by atoms with Crippen molar-refractivity contribution in [3.63, 3.8) is 0 Å². The maximum absolute atomic E-state index is 12.6. The highest BCUT2D eigenvalue weighted by Gasteiger charge is 2.18. The number of ether oxygens (including phenoxy) is 2. The summed E-state index contributed by atoms with van der Waals surface area (Å²) in [5, 5.41) is 0.528. The SMILES string of the molecule is Cn1cc(-c2cc3nc(n2)Oc2cc(Cl)cc(c2Cl)OCCCCCCS(=O)(=O)N3)ccc1=O. The summed E-state index contributed by atoms with van der Waals surface area (Å²) < 4.78 is 40.8. The van der Waals surface area contributed by atoms with Crippen LogP contribution in [0.5, 0.6) is 17.5 Å². The normalized spacial score (nSPS) is 16.1. The first kappa shape index (κ1) is 24.3. The quantitative estimate of drug-likeness (QED) is 0.493. The Morgan fingerprint density at radius 3 is 2.59 bits per heavy atom. The highest BCUT2D eigenvalue weighted by atomic mass is 35.5. The molecule has 2 aromatic heterocycles. The van der Waals surface area contributed by atoms with Crippen molar-refractivity contribution in [2.75, 3.05) is 17.1 Å². The smallest absolute Gasteiger partial charge is 0.324 e. The van der Waals surface area contributed by atoms with Gasteiger partial charge in [-0.1, -0.05) is 36.0 Å². The number of nitrogens with one attached hydrogen (secondary N) is 1. The average molecular weight is 525 g/mol. The van der Waals surface area contributed by atoms with Crippen molar-refractivity contribution >= 4 is 39.0 Å². The molecule has 4 bridgehead atoms. The Morgan fingerprint density at radius 1 is 1.03 bits per heavy atom. The summed E-state index contributed by atoms with van der Waals surface area (Å²) in [5.74, 6) is 0.494. The van der Waals surface area contributed by atoms with E-state index < -0.39 is 10.0 Å². The molecule has 4 rings (SSSR count).